The maximum atomic E-state index is 12.6. The zero-order valence-corrected chi connectivity index (χ0v) is 18.6. The molecule has 0 bridgehead atoms. The first-order valence-corrected chi connectivity index (χ1v) is 11.2. The lowest BCUT2D eigenvalue weighted by molar-refractivity contribution is 0.0775. The van der Waals surface area contributed by atoms with Gasteiger partial charge in [-0.15, -0.1) is 0 Å². The number of nitrogens with zero attached hydrogens (tertiary/aromatic N) is 4. The zero-order chi connectivity index (χ0) is 22.2. The molecule has 1 aromatic carbocycles. The van der Waals surface area contributed by atoms with Gasteiger partial charge in [-0.2, -0.15) is 0 Å². The Hall–Kier alpha value is -3.25. The average molecular weight is 431 g/mol. The molecule has 3 heterocycles. The summed E-state index contributed by atoms with van der Waals surface area (Å²) in [4.78, 5) is 25.2. The molecule has 6 heteroatoms. The first-order chi connectivity index (χ1) is 15.7. The highest BCUT2D eigenvalue weighted by molar-refractivity contribution is 5.99. The Bertz CT molecular complexity index is 1010. The summed E-state index contributed by atoms with van der Waals surface area (Å²) < 4.78 is 6.09. The highest BCUT2D eigenvalue weighted by Crippen LogP contribution is 2.27. The molecule has 1 aliphatic rings. The molecule has 0 aliphatic carbocycles. The second-order valence-corrected chi connectivity index (χ2v) is 8.21. The normalized spacial score (nSPS) is 13.3. The maximum Gasteiger partial charge on any atom is 0.257 e. The van der Waals surface area contributed by atoms with Crippen LogP contribution in [0.1, 0.15) is 33.5 Å². The minimum absolute atomic E-state index is 0.0534. The summed E-state index contributed by atoms with van der Waals surface area (Å²) in [5, 5.41) is 0. The van der Waals surface area contributed by atoms with Crippen LogP contribution in [0.25, 0.3) is 0 Å². The molecular weight excluding hydrogens is 400 g/mol. The van der Waals surface area contributed by atoms with E-state index in [1.54, 1.807) is 11.1 Å². The summed E-state index contributed by atoms with van der Waals surface area (Å²) in [7, 11) is 1.85. The van der Waals surface area contributed by atoms with Crippen molar-refractivity contribution in [1.29, 1.82) is 0 Å². The number of carbonyl (C=O) groups is 1. The molecule has 2 aromatic heterocycles. The third-order valence-corrected chi connectivity index (χ3v) is 5.86. The Balaban J connectivity index is 1.34. The number of ether oxygens (including phenoxy) is 1. The number of hydrogen-bond donors (Lipinski definition) is 0. The lowest BCUT2D eigenvalue weighted by Gasteiger charge is -2.26. The monoisotopic (exact) mass is 430 g/mol. The molecule has 0 saturated carbocycles. The number of aromatic nitrogens is 2. The highest BCUT2D eigenvalue weighted by atomic mass is 16.5. The second kappa shape index (κ2) is 10.9. The fraction of sp³-hybridized carbons (Fsp3) is 0.346. The third-order valence-electron chi connectivity index (χ3n) is 5.86. The van der Waals surface area contributed by atoms with Crippen LogP contribution in [-0.2, 0) is 19.4 Å². The summed E-state index contributed by atoms with van der Waals surface area (Å²) >= 11 is 0. The van der Waals surface area contributed by atoms with Gasteiger partial charge in [-0.1, -0.05) is 18.2 Å². The van der Waals surface area contributed by atoms with Gasteiger partial charge in [0.05, 0.1) is 12.2 Å². The van der Waals surface area contributed by atoms with Crippen molar-refractivity contribution in [3.8, 4) is 5.75 Å². The Morgan fingerprint density at radius 2 is 1.88 bits per heavy atom. The minimum atomic E-state index is 0.0534. The maximum absolute atomic E-state index is 12.6. The lowest BCUT2D eigenvalue weighted by Crippen LogP contribution is -2.34. The SMILES string of the molecule is CN1CCc2cccc(OCCCN(CCc3cccnc3)Cc3ccncc3)c2C1=O. The van der Waals surface area contributed by atoms with E-state index in [1.165, 1.54) is 11.1 Å². The molecule has 0 saturated heterocycles. The molecule has 1 aliphatic heterocycles. The van der Waals surface area contributed by atoms with Crippen LogP contribution in [0.2, 0.25) is 0 Å². The van der Waals surface area contributed by atoms with Crippen LogP contribution in [0.3, 0.4) is 0 Å². The summed E-state index contributed by atoms with van der Waals surface area (Å²) in [5.41, 5.74) is 4.30. The van der Waals surface area contributed by atoms with E-state index in [2.05, 4.69) is 33.1 Å². The van der Waals surface area contributed by atoms with E-state index < -0.39 is 0 Å². The van der Waals surface area contributed by atoms with Gasteiger partial charge >= 0.3 is 0 Å². The molecule has 0 spiro atoms. The van der Waals surface area contributed by atoms with E-state index in [9.17, 15) is 4.79 Å². The second-order valence-electron chi connectivity index (χ2n) is 8.21. The van der Waals surface area contributed by atoms with Gasteiger partial charge in [-0.05, 0) is 60.2 Å². The van der Waals surface area contributed by atoms with Gasteiger partial charge in [-0.25, -0.2) is 0 Å². The van der Waals surface area contributed by atoms with Crippen LogP contribution in [0.4, 0.5) is 0 Å². The average Bonchev–Trinajstić information content (AvgIpc) is 2.83. The van der Waals surface area contributed by atoms with Gasteiger partial charge in [0.25, 0.3) is 5.91 Å². The van der Waals surface area contributed by atoms with E-state index in [-0.39, 0.29) is 5.91 Å². The summed E-state index contributed by atoms with van der Waals surface area (Å²) in [6.45, 7) is 4.06. The van der Waals surface area contributed by atoms with Crippen LogP contribution < -0.4 is 4.74 Å². The molecule has 0 radical (unpaired) electrons. The number of benzene rings is 1. The van der Waals surface area contributed by atoms with Crippen molar-refractivity contribution in [1.82, 2.24) is 19.8 Å². The molecule has 0 N–H and O–H groups in total. The summed E-state index contributed by atoms with van der Waals surface area (Å²) in [6.07, 6.45) is 10.1. The molecule has 166 valence electrons. The number of likely N-dealkylation sites (N-methyl/N-ethyl adjacent to an activating group) is 1. The molecule has 6 nitrogen and oxygen atoms in total. The van der Waals surface area contributed by atoms with Gasteiger partial charge in [-0.3, -0.25) is 19.7 Å². The summed E-state index contributed by atoms with van der Waals surface area (Å²) in [6, 6.07) is 14.1. The van der Waals surface area contributed by atoms with Gasteiger partial charge in [0.15, 0.2) is 0 Å². The highest BCUT2D eigenvalue weighted by Gasteiger charge is 2.25. The van der Waals surface area contributed by atoms with Gasteiger partial charge in [0, 0.05) is 58.0 Å². The van der Waals surface area contributed by atoms with Crippen LogP contribution in [0.15, 0.2) is 67.3 Å². The fourth-order valence-electron chi connectivity index (χ4n) is 4.05. The first-order valence-electron chi connectivity index (χ1n) is 11.2. The van der Waals surface area contributed by atoms with E-state index in [0.717, 1.165) is 56.6 Å². The van der Waals surface area contributed by atoms with Crippen molar-refractivity contribution < 1.29 is 9.53 Å². The van der Waals surface area contributed by atoms with Gasteiger partial charge in [0.1, 0.15) is 5.75 Å². The molecule has 32 heavy (non-hydrogen) atoms. The van der Waals surface area contributed by atoms with Crippen molar-refractivity contribution in [2.45, 2.75) is 25.8 Å². The van der Waals surface area contributed by atoms with Crippen molar-refractivity contribution in [2.24, 2.45) is 0 Å². The quantitative estimate of drug-likeness (QED) is 0.460. The third kappa shape index (κ3) is 5.71. The summed E-state index contributed by atoms with van der Waals surface area (Å²) in [5.74, 6) is 0.757. The van der Waals surface area contributed by atoms with Crippen molar-refractivity contribution in [3.05, 3.63) is 89.5 Å². The predicted octanol–water partition coefficient (Wildman–Crippen LogP) is 3.62. The molecule has 0 fully saturated rings. The number of amides is 1. The van der Waals surface area contributed by atoms with Crippen LogP contribution in [0.5, 0.6) is 5.75 Å². The van der Waals surface area contributed by atoms with Crippen molar-refractivity contribution >= 4 is 5.91 Å². The molecular formula is C26H30N4O2. The van der Waals surface area contributed by atoms with Crippen molar-refractivity contribution in [3.63, 3.8) is 0 Å². The number of rotatable bonds is 10. The first kappa shape index (κ1) is 22.0. The van der Waals surface area contributed by atoms with Gasteiger partial charge < -0.3 is 9.64 Å². The standard InChI is InChI=1S/C26H30N4O2/c1-29-16-11-23-6-2-7-24(25(23)26(29)31)32-18-4-15-30(20-22-8-13-27-14-9-22)17-10-21-5-3-12-28-19-21/h2-3,5-9,12-14,19H,4,10-11,15-18,20H2,1H3. The van der Waals surface area contributed by atoms with Crippen LogP contribution in [0, 0.1) is 0 Å². The van der Waals surface area contributed by atoms with E-state index >= 15 is 0 Å². The smallest absolute Gasteiger partial charge is 0.257 e. The van der Waals surface area contributed by atoms with Crippen LogP contribution in [-0.4, -0.2) is 59.0 Å². The minimum Gasteiger partial charge on any atom is -0.493 e. The lowest BCUT2D eigenvalue weighted by atomic mass is 9.98. The fourth-order valence-corrected chi connectivity index (χ4v) is 4.05. The molecule has 0 atom stereocenters. The van der Waals surface area contributed by atoms with Crippen LogP contribution >= 0.6 is 0 Å². The predicted molar refractivity (Wildman–Crippen MR) is 125 cm³/mol. The Morgan fingerprint density at radius 3 is 2.69 bits per heavy atom. The van der Waals surface area contributed by atoms with E-state index in [4.69, 9.17) is 4.74 Å². The molecule has 4 rings (SSSR count). The number of hydrogen-bond acceptors (Lipinski definition) is 5. The topological polar surface area (TPSA) is 58.6 Å². The number of carbonyl (C=O) groups excluding carboxylic acids is 1. The Labute approximate surface area is 189 Å². The zero-order valence-electron chi connectivity index (χ0n) is 18.6. The van der Waals surface area contributed by atoms with E-state index in [0.29, 0.717) is 12.4 Å². The number of fused-ring (bicyclic) bond motifs is 1. The Kier molecular flexibility index (Phi) is 7.46. The molecule has 0 unspecified atom stereocenters. The van der Waals surface area contributed by atoms with Crippen molar-refractivity contribution in [2.75, 3.05) is 33.3 Å². The molecule has 3 aromatic rings. The number of pyridine rings is 2. The Morgan fingerprint density at radius 1 is 1.00 bits per heavy atom. The van der Waals surface area contributed by atoms with Gasteiger partial charge in [0.2, 0.25) is 0 Å². The van der Waals surface area contributed by atoms with E-state index in [1.807, 2.05) is 49.9 Å². The molecule has 1 amide bonds. The largest absolute Gasteiger partial charge is 0.493 e.